The van der Waals surface area contributed by atoms with E-state index in [9.17, 15) is 4.79 Å². The number of halogens is 2. The van der Waals surface area contributed by atoms with Gasteiger partial charge in [-0.05, 0) is 37.1 Å². The van der Waals surface area contributed by atoms with E-state index >= 15 is 0 Å². The van der Waals surface area contributed by atoms with Gasteiger partial charge in [0.15, 0.2) is 0 Å². The molecule has 1 aliphatic rings. The fourth-order valence-electron chi connectivity index (χ4n) is 1.11. The largest absolute Gasteiger partial charge is 0.333 e. The molecule has 2 rings (SSSR count). The smallest absolute Gasteiger partial charge is 0.252 e. The highest BCUT2D eigenvalue weighted by Crippen LogP contribution is 2.39. The van der Waals surface area contributed by atoms with Crippen LogP contribution in [0.3, 0.4) is 0 Å². The van der Waals surface area contributed by atoms with E-state index in [4.69, 9.17) is 23.2 Å². The van der Waals surface area contributed by atoms with E-state index in [1.807, 2.05) is 0 Å². The van der Waals surface area contributed by atoms with Crippen molar-refractivity contribution in [3.05, 3.63) is 34.9 Å². The van der Waals surface area contributed by atoms with Gasteiger partial charge in [-0.25, -0.2) is 0 Å². The van der Waals surface area contributed by atoms with Gasteiger partial charge in [-0.2, -0.15) is 0 Å². The third-order valence-corrected chi connectivity index (χ3v) is 2.86. The summed E-state index contributed by atoms with van der Waals surface area (Å²) in [6.45, 7) is 0. The van der Waals surface area contributed by atoms with Crippen LogP contribution < -0.4 is 5.32 Å². The summed E-state index contributed by atoms with van der Waals surface area (Å²) >= 11 is 11.7. The maximum Gasteiger partial charge on any atom is 0.252 e. The number of hydrogen-bond donors (Lipinski definition) is 1. The van der Waals surface area contributed by atoms with Crippen LogP contribution in [0.2, 0.25) is 5.02 Å². The maximum absolute atomic E-state index is 11.6. The third kappa shape index (κ3) is 2.20. The molecule has 74 valence electrons. The number of alkyl halides is 1. The molecule has 0 saturated heterocycles. The van der Waals surface area contributed by atoms with Crippen molar-refractivity contribution < 1.29 is 4.79 Å². The zero-order valence-corrected chi connectivity index (χ0v) is 8.90. The highest BCUT2D eigenvalue weighted by molar-refractivity contribution is 6.30. The van der Waals surface area contributed by atoms with Crippen LogP contribution in [0.1, 0.15) is 23.2 Å². The van der Waals surface area contributed by atoms with E-state index in [2.05, 4.69) is 5.32 Å². The van der Waals surface area contributed by atoms with Crippen molar-refractivity contribution >= 4 is 29.1 Å². The molecule has 1 amide bonds. The van der Waals surface area contributed by atoms with E-state index in [0.717, 1.165) is 12.8 Å². The van der Waals surface area contributed by atoms with E-state index < -0.39 is 5.00 Å². The molecule has 0 bridgehead atoms. The Hall–Kier alpha value is -0.730. The van der Waals surface area contributed by atoms with Gasteiger partial charge >= 0.3 is 0 Å². The predicted octanol–water partition coefficient (Wildman–Crippen LogP) is 2.80. The Kier molecular flexibility index (Phi) is 2.41. The van der Waals surface area contributed by atoms with Gasteiger partial charge in [-0.3, -0.25) is 4.79 Å². The fraction of sp³-hybridized carbons (Fsp3) is 0.300. The Morgan fingerprint density at radius 1 is 1.29 bits per heavy atom. The Morgan fingerprint density at radius 3 is 2.36 bits per heavy atom. The van der Waals surface area contributed by atoms with Crippen LogP contribution in [-0.4, -0.2) is 10.9 Å². The first-order chi connectivity index (χ1) is 6.59. The zero-order valence-electron chi connectivity index (χ0n) is 7.39. The summed E-state index contributed by atoms with van der Waals surface area (Å²) in [5, 5.41) is 3.37. The van der Waals surface area contributed by atoms with Gasteiger partial charge in [0.25, 0.3) is 5.91 Å². The minimum absolute atomic E-state index is 0.144. The van der Waals surface area contributed by atoms with Gasteiger partial charge in [0.2, 0.25) is 0 Å². The Labute approximate surface area is 92.2 Å². The van der Waals surface area contributed by atoms with Gasteiger partial charge in [0, 0.05) is 10.6 Å². The molecule has 1 aliphatic carbocycles. The Morgan fingerprint density at radius 2 is 1.86 bits per heavy atom. The molecule has 0 spiro atoms. The van der Waals surface area contributed by atoms with Gasteiger partial charge in [-0.15, -0.1) is 0 Å². The maximum atomic E-state index is 11.6. The van der Waals surface area contributed by atoms with Crippen LogP contribution in [0.4, 0.5) is 0 Å². The Balaban J connectivity index is 2.07. The van der Waals surface area contributed by atoms with E-state index in [-0.39, 0.29) is 5.91 Å². The van der Waals surface area contributed by atoms with Crippen molar-refractivity contribution in [2.45, 2.75) is 17.8 Å². The Bertz CT molecular complexity index is 357. The zero-order chi connectivity index (χ0) is 10.2. The molecular weight excluding hydrogens is 221 g/mol. The normalized spacial score (nSPS) is 17.6. The number of rotatable bonds is 2. The van der Waals surface area contributed by atoms with E-state index in [0.29, 0.717) is 10.6 Å². The highest BCUT2D eigenvalue weighted by atomic mass is 35.5. The minimum atomic E-state index is -0.489. The molecule has 0 heterocycles. The molecule has 0 atom stereocenters. The average Bonchev–Trinajstić information content (AvgIpc) is 2.84. The topological polar surface area (TPSA) is 29.1 Å². The monoisotopic (exact) mass is 229 g/mol. The molecule has 4 heteroatoms. The van der Waals surface area contributed by atoms with Crippen LogP contribution >= 0.6 is 23.2 Å². The van der Waals surface area contributed by atoms with E-state index in [1.54, 1.807) is 24.3 Å². The molecule has 0 aliphatic heterocycles. The summed E-state index contributed by atoms with van der Waals surface area (Å²) in [4.78, 5) is 11.1. The second kappa shape index (κ2) is 3.44. The lowest BCUT2D eigenvalue weighted by molar-refractivity contribution is 0.0945. The lowest BCUT2D eigenvalue weighted by Crippen LogP contribution is -2.32. The molecule has 0 radical (unpaired) electrons. The van der Waals surface area contributed by atoms with Gasteiger partial charge in [0.1, 0.15) is 5.00 Å². The number of carbonyl (C=O) groups is 1. The molecule has 14 heavy (non-hydrogen) atoms. The molecule has 1 aromatic rings. The first-order valence-corrected chi connectivity index (χ1v) is 5.12. The number of carbonyl (C=O) groups excluding carboxylic acids is 1. The molecule has 1 aromatic carbocycles. The number of amides is 1. The summed E-state index contributed by atoms with van der Waals surface area (Å²) in [5.41, 5.74) is 0.585. The minimum Gasteiger partial charge on any atom is -0.333 e. The molecular formula is C10H9Cl2NO. The molecule has 1 fully saturated rings. The standard InChI is InChI=1S/C10H9Cl2NO/c11-8-3-1-7(2-4-8)9(14)13-10(12)5-6-10/h1-4H,5-6H2,(H,13,14). The lowest BCUT2D eigenvalue weighted by atomic mass is 10.2. The lowest BCUT2D eigenvalue weighted by Gasteiger charge is -2.08. The van der Waals surface area contributed by atoms with Crippen LogP contribution in [0, 0.1) is 0 Å². The van der Waals surface area contributed by atoms with Crippen LogP contribution in [-0.2, 0) is 0 Å². The summed E-state index contributed by atoms with van der Waals surface area (Å²) in [6, 6.07) is 6.73. The first kappa shape index (κ1) is 9.81. The summed E-state index contributed by atoms with van der Waals surface area (Å²) < 4.78 is 0. The van der Waals surface area contributed by atoms with Crippen molar-refractivity contribution in [2.24, 2.45) is 0 Å². The van der Waals surface area contributed by atoms with Crippen molar-refractivity contribution in [1.29, 1.82) is 0 Å². The first-order valence-electron chi connectivity index (χ1n) is 4.36. The molecule has 0 unspecified atom stereocenters. The van der Waals surface area contributed by atoms with Crippen LogP contribution in [0.5, 0.6) is 0 Å². The summed E-state index contributed by atoms with van der Waals surface area (Å²) in [6.07, 6.45) is 1.68. The van der Waals surface area contributed by atoms with Crippen molar-refractivity contribution in [1.82, 2.24) is 5.32 Å². The van der Waals surface area contributed by atoms with Gasteiger partial charge < -0.3 is 5.32 Å². The molecule has 0 aromatic heterocycles. The average molecular weight is 230 g/mol. The van der Waals surface area contributed by atoms with Gasteiger partial charge in [0.05, 0.1) is 0 Å². The quantitative estimate of drug-likeness (QED) is 0.614. The molecule has 1 saturated carbocycles. The SMILES string of the molecule is O=C(NC1(Cl)CC1)c1ccc(Cl)cc1. The third-order valence-electron chi connectivity index (χ3n) is 2.13. The summed E-state index contributed by atoms with van der Waals surface area (Å²) in [7, 11) is 0. The molecule has 2 nitrogen and oxygen atoms in total. The summed E-state index contributed by atoms with van der Waals surface area (Å²) in [5.74, 6) is -0.144. The van der Waals surface area contributed by atoms with Gasteiger partial charge in [-0.1, -0.05) is 23.2 Å². The fourth-order valence-corrected chi connectivity index (χ4v) is 1.42. The molecule has 1 N–H and O–H groups in total. The second-order valence-electron chi connectivity index (χ2n) is 3.43. The number of hydrogen-bond acceptors (Lipinski definition) is 1. The predicted molar refractivity (Wildman–Crippen MR) is 56.7 cm³/mol. The highest BCUT2D eigenvalue weighted by Gasteiger charge is 2.42. The van der Waals surface area contributed by atoms with Crippen LogP contribution in [0.15, 0.2) is 24.3 Å². The number of nitrogens with one attached hydrogen (secondary N) is 1. The van der Waals surface area contributed by atoms with Crippen molar-refractivity contribution in [3.63, 3.8) is 0 Å². The van der Waals surface area contributed by atoms with Crippen molar-refractivity contribution in [2.75, 3.05) is 0 Å². The number of benzene rings is 1. The second-order valence-corrected chi connectivity index (χ2v) is 4.59. The van der Waals surface area contributed by atoms with E-state index in [1.165, 1.54) is 0 Å². The van der Waals surface area contributed by atoms with Crippen LogP contribution in [0.25, 0.3) is 0 Å². The van der Waals surface area contributed by atoms with Crippen molar-refractivity contribution in [3.8, 4) is 0 Å².